The summed E-state index contributed by atoms with van der Waals surface area (Å²) in [5, 5.41) is 0.513. The molecule has 1 aromatic carbocycles. The number of hydrogen-bond donors (Lipinski definition) is 0. The van der Waals surface area contributed by atoms with Crippen LogP contribution in [0.2, 0.25) is 5.02 Å². The topological polar surface area (TPSA) is 56.3 Å². The van der Waals surface area contributed by atoms with E-state index < -0.39 is 21.4 Å². The van der Waals surface area contributed by atoms with Crippen molar-refractivity contribution in [3.05, 3.63) is 35.5 Å². The second-order valence-electron chi connectivity index (χ2n) is 3.43. The van der Waals surface area contributed by atoms with E-state index in [0.29, 0.717) is 5.39 Å². The van der Waals surface area contributed by atoms with Gasteiger partial charge in [0.05, 0.1) is 5.02 Å². The minimum Gasteiger partial charge on any atom is -0.374 e. The molecule has 9 heteroatoms. The van der Waals surface area contributed by atoms with E-state index in [2.05, 4.69) is 9.17 Å². The Morgan fingerprint density at radius 2 is 1.89 bits per heavy atom. The molecule has 0 saturated heterocycles. The zero-order valence-corrected chi connectivity index (χ0v) is 10.6. The second-order valence-corrected chi connectivity index (χ2v) is 5.37. The van der Waals surface area contributed by atoms with Crippen LogP contribution >= 0.6 is 11.6 Å². The molecule has 0 radical (unpaired) electrons. The lowest BCUT2D eigenvalue weighted by molar-refractivity contribution is -0.0499. The highest BCUT2D eigenvalue weighted by atomic mass is 35.5. The number of benzene rings is 1. The van der Waals surface area contributed by atoms with E-state index in [4.69, 9.17) is 11.6 Å². The molecule has 2 rings (SSSR count). The van der Waals surface area contributed by atoms with Gasteiger partial charge in [0, 0.05) is 11.6 Å². The van der Waals surface area contributed by atoms with Gasteiger partial charge in [0.1, 0.15) is 5.52 Å². The molecule has 0 N–H and O–H groups in total. The SMILES string of the molecule is O=S(=O)(Oc1cccc2c(Cl)ccnc12)C(F)(F)F. The number of hydrogen-bond acceptors (Lipinski definition) is 4. The van der Waals surface area contributed by atoms with E-state index in [1.165, 1.54) is 24.4 Å². The van der Waals surface area contributed by atoms with Crippen molar-refractivity contribution >= 4 is 32.6 Å². The first-order chi connectivity index (χ1) is 8.72. The van der Waals surface area contributed by atoms with Gasteiger partial charge >= 0.3 is 15.6 Å². The number of para-hydroxylation sites is 1. The van der Waals surface area contributed by atoms with Crippen LogP contribution in [-0.4, -0.2) is 18.9 Å². The van der Waals surface area contributed by atoms with Gasteiger partial charge in [0.15, 0.2) is 5.75 Å². The summed E-state index contributed by atoms with van der Waals surface area (Å²) < 4.78 is 62.7. The van der Waals surface area contributed by atoms with Crippen LogP contribution in [0, 0.1) is 0 Å². The highest BCUT2D eigenvalue weighted by molar-refractivity contribution is 7.88. The van der Waals surface area contributed by atoms with Crippen molar-refractivity contribution in [3.8, 4) is 5.75 Å². The minimum atomic E-state index is -5.74. The Morgan fingerprint density at radius 3 is 2.53 bits per heavy atom. The summed E-state index contributed by atoms with van der Waals surface area (Å²) >= 11 is 5.82. The Kier molecular flexibility index (Phi) is 3.31. The Labute approximate surface area is 110 Å². The highest BCUT2D eigenvalue weighted by Gasteiger charge is 2.48. The van der Waals surface area contributed by atoms with Gasteiger partial charge in [-0.05, 0) is 12.1 Å². The lowest BCUT2D eigenvalue weighted by Crippen LogP contribution is -2.28. The average molecular weight is 312 g/mol. The first kappa shape index (κ1) is 13.9. The molecular weight excluding hydrogens is 307 g/mol. The fraction of sp³-hybridized carbons (Fsp3) is 0.100. The molecule has 0 aliphatic rings. The fourth-order valence-corrected chi connectivity index (χ4v) is 2.02. The fourth-order valence-electron chi connectivity index (χ4n) is 1.35. The van der Waals surface area contributed by atoms with E-state index >= 15 is 0 Å². The predicted molar refractivity (Wildman–Crippen MR) is 62.4 cm³/mol. The van der Waals surface area contributed by atoms with Crippen LogP contribution in [-0.2, 0) is 10.1 Å². The molecule has 0 unspecified atom stereocenters. The maximum Gasteiger partial charge on any atom is 0.534 e. The Bertz CT molecular complexity index is 730. The number of alkyl halides is 3. The number of rotatable bonds is 2. The summed E-state index contributed by atoms with van der Waals surface area (Å²) in [4.78, 5) is 3.77. The van der Waals surface area contributed by atoms with E-state index in [0.717, 1.165) is 6.07 Å². The molecule has 4 nitrogen and oxygen atoms in total. The van der Waals surface area contributed by atoms with Crippen molar-refractivity contribution < 1.29 is 25.8 Å². The van der Waals surface area contributed by atoms with Gasteiger partial charge in [-0.2, -0.15) is 21.6 Å². The third-order valence-electron chi connectivity index (χ3n) is 2.16. The highest BCUT2D eigenvalue weighted by Crippen LogP contribution is 2.32. The molecule has 0 aliphatic heterocycles. The molecule has 0 aliphatic carbocycles. The third-order valence-corrected chi connectivity index (χ3v) is 3.46. The summed E-state index contributed by atoms with van der Waals surface area (Å²) in [6.45, 7) is 0. The summed E-state index contributed by atoms with van der Waals surface area (Å²) in [5.74, 6) is -0.530. The van der Waals surface area contributed by atoms with Crippen molar-refractivity contribution in [2.75, 3.05) is 0 Å². The van der Waals surface area contributed by atoms with Crippen LogP contribution in [0.15, 0.2) is 30.5 Å². The lowest BCUT2D eigenvalue weighted by Gasteiger charge is -2.11. The monoisotopic (exact) mass is 311 g/mol. The van der Waals surface area contributed by atoms with Crippen molar-refractivity contribution in [1.29, 1.82) is 0 Å². The van der Waals surface area contributed by atoms with Gasteiger partial charge in [-0.3, -0.25) is 4.98 Å². The van der Waals surface area contributed by atoms with Gasteiger partial charge in [0.25, 0.3) is 0 Å². The molecule has 1 heterocycles. The molecule has 19 heavy (non-hydrogen) atoms. The van der Waals surface area contributed by atoms with Crippen molar-refractivity contribution in [2.24, 2.45) is 0 Å². The molecule has 0 fully saturated rings. The van der Waals surface area contributed by atoms with Crippen molar-refractivity contribution in [3.63, 3.8) is 0 Å². The van der Waals surface area contributed by atoms with Crippen LogP contribution < -0.4 is 4.18 Å². The van der Waals surface area contributed by atoms with Crippen LogP contribution in [0.4, 0.5) is 13.2 Å². The largest absolute Gasteiger partial charge is 0.534 e. The first-order valence-electron chi connectivity index (χ1n) is 4.76. The summed E-state index contributed by atoms with van der Waals surface area (Å²) in [6, 6.07) is 5.29. The molecule has 102 valence electrons. The molecule has 0 amide bonds. The lowest BCUT2D eigenvalue weighted by atomic mass is 10.2. The number of halogens is 4. The smallest absolute Gasteiger partial charge is 0.374 e. The van der Waals surface area contributed by atoms with Crippen LogP contribution in [0.25, 0.3) is 10.9 Å². The van der Waals surface area contributed by atoms with E-state index in [-0.39, 0.29) is 10.5 Å². The molecule has 2 aromatic rings. The van der Waals surface area contributed by atoms with E-state index in [9.17, 15) is 21.6 Å². The molecule has 1 aromatic heterocycles. The standard InChI is InChI=1S/C10H5ClF3NO3S/c11-7-4-5-15-9-6(7)2-1-3-8(9)18-19(16,17)10(12,13)14/h1-5H. The van der Waals surface area contributed by atoms with Gasteiger partial charge in [-0.1, -0.05) is 23.7 Å². The van der Waals surface area contributed by atoms with Crippen LogP contribution in [0.5, 0.6) is 5.75 Å². The number of fused-ring (bicyclic) bond motifs is 1. The molecule has 0 atom stereocenters. The zero-order chi connectivity index (χ0) is 14.3. The Morgan fingerprint density at radius 1 is 1.21 bits per heavy atom. The number of pyridine rings is 1. The molecule has 0 spiro atoms. The van der Waals surface area contributed by atoms with E-state index in [1.54, 1.807) is 0 Å². The number of aromatic nitrogens is 1. The average Bonchev–Trinajstić information content (AvgIpc) is 2.28. The van der Waals surface area contributed by atoms with Crippen LogP contribution in [0.3, 0.4) is 0 Å². The van der Waals surface area contributed by atoms with Gasteiger partial charge in [0.2, 0.25) is 0 Å². The minimum absolute atomic E-state index is 0.0668. The predicted octanol–water partition coefficient (Wildman–Crippen LogP) is 3.12. The molecular formula is C10H5ClF3NO3S. The van der Waals surface area contributed by atoms with Gasteiger partial charge in [-0.25, -0.2) is 0 Å². The molecule has 0 saturated carbocycles. The van der Waals surface area contributed by atoms with Gasteiger partial charge in [-0.15, -0.1) is 0 Å². The normalized spacial score (nSPS) is 12.6. The summed E-state index contributed by atoms with van der Waals surface area (Å²) in [6.07, 6.45) is 1.23. The molecule has 0 bridgehead atoms. The maximum absolute atomic E-state index is 12.2. The number of nitrogens with zero attached hydrogens (tertiary/aromatic N) is 1. The second kappa shape index (κ2) is 4.53. The Balaban J connectivity index is 2.57. The Hall–Kier alpha value is -1.54. The first-order valence-corrected chi connectivity index (χ1v) is 6.55. The van der Waals surface area contributed by atoms with E-state index in [1.807, 2.05) is 0 Å². The quantitative estimate of drug-likeness (QED) is 0.631. The summed E-state index contributed by atoms with van der Waals surface area (Å²) in [7, 11) is -5.74. The van der Waals surface area contributed by atoms with Crippen LogP contribution in [0.1, 0.15) is 0 Å². The van der Waals surface area contributed by atoms with Crippen molar-refractivity contribution in [2.45, 2.75) is 5.51 Å². The third kappa shape index (κ3) is 2.59. The van der Waals surface area contributed by atoms with Gasteiger partial charge < -0.3 is 4.18 Å². The van der Waals surface area contributed by atoms with Crippen molar-refractivity contribution in [1.82, 2.24) is 4.98 Å². The maximum atomic E-state index is 12.2. The zero-order valence-electron chi connectivity index (χ0n) is 8.98. The summed E-state index contributed by atoms with van der Waals surface area (Å²) in [5.41, 5.74) is -5.57.